The molecule has 0 amide bonds. The summed E-state index contributed by atoms with van der Waals surface area (Å²) in [4.78, 5) is 12.6. The van der Waals surface area contributed by atoms with Crippen molar-refractivity contribution in [3.8, 4) is 34.6 Å². The Morgan fingerprint density at radius 2 is 1.78 bits per heavy atom. The van der Waals surface area contributed by atoms with Crippen molar-refractivity contribution in [2.75, 3.05) is 0 Å². The third-order valence-electron chi connectivity index (χ3n) is 4.83. The summed E-state index contributed by atoms with van der Waals surface area (Å²) in [6, 6.07) is 12.2. The first kappa shape index (κ1) is 19.7. The molecule has 5 rings (SSSR count). The highest BCUT2D eigenvalue weighted by molar-refractivity contribution is 5.81. The lowest BCUT2D eigenvalue weighted by molar-refractivity contribution is -0.137. The van der Waals surface area contributed by atoms with Gasteiger partial charge in [-0.1, -0.05) is 17.3 Å². The van der Waals surface area contributed by atoms with Gasteiger partial charge in [-0.3, -0.25) is 0 Å². The summed E-state index contributed by atoms with van der Waals surface area (Å²) in [5.41, 5.74) is 0.962. The Morgan fingerprint density at radius 3 is 2.50 bits per heavy atom. The molecule has 2 aromatic carbocycles. The number of hydrogen-bond donors (Lipinski definition) is 0. The van der Waals surface area contributed by atoms with Crippen LogP contribution in [0, 0.1) is 0 Å². The van der Waals surface area contributed by atoms with Crippen LogP contribution in [0.1, 0.15) is 5.56 Å². The van der Waals surface area contributed by atoms with Crippen LogP contribution in [-0.4, -0.2) is 24.7 Å². The van der Waals surface area contributed by atoms with Crippen LogP contribution in [0.15, 0.2) is 71.6 Å². The monoisotopic (exact) mass is 437 g/mol. The van der Waals surface area contributed by atoms with Crippen LogP contribution in [0.5, 0.6) is 11.6 Å². The predicted molar refractivity (Wildman–Crippen MR) is 109 cm³/mol. The van der Waals surface area contributed by atoms with Crippen molar-refractivity contribution in [1.29, 1.82) is 0 Å². The molecule has 0 N–H and O–H groups in total. The summed E-state index contributed by atoms with van der Waals surface area (Å²) in [6.45, 7) is 0. The van der Waals surface area contributed by atoms with Gasteiger partial charge in [0, 0.05) is 24.9 Å². The van der Waals surface area contributed by atoms with Crippen molar-refractivity contribution < 1.29 is 22.4 Å². The maximum atomic E-state index is 12.7. The van der Waals surface area contributed by atoms with Gasteiger partial charge in [0.2, 0.25) is 11.7 Å². The molecule has 7 nitrogen and oxygen atoms in total. The van der Waals surface area contributed by atoms with Gasteiger partial charge in [-0.2, -0.15) is 18.2 Å². The molecule has 0 radical (unpaired) electrons. The lowest BCUT2D eigenvalue weighted by atomic mass is 10.1. The van der Waals surface area contributed by atoms with Crippen LogP contribution >= 0.6 is 0 Å². The summed E-state index contributed by atoms with van der Waals surface area (Å²) >= 11 is 0. The normalized spacial score (nSPS) is 11.8. The molecule has 0 unspecified atom stereocenters. The number of hydrogen-bond acceptors (Lipinski definition) is 6. The average molecular weight is 437 g/mol. The smallest absolute Gasteiger partial charge is 0.416 e. The van der Waals surface area contributed by atoms with Gasteiger partial charge in [-0.25, -0.2) is 9.97 Å². The fourth-order valence-corrected chi connectivity index (χ4v) is 3.16. The summed E-state index contributed by atoms with van der Waals surface area (Å²) in [5, 5.41) is 4.91. The largest absolute Gasteiger partial charge is 0.437 e. The van der Waals surface area contributed by atoms with E-state index in [1.807, 2.05) is 42.1 Å². The molecule has 0 fully saturated rings. The van der Waals surface area contributed by atoms with Crippen molar-refractivity contribution in [2.24, 2.45) is 7.05 Å². The Morgan fingerprint density at radius 1 is 0.969 bits per heavy atom. The maximum absolute atomic E-state index is 12.7. The third-order valence-corrected chi connectivity index (χ3v) is 4.83. The van der Waals surface area contributed by atoms with Crippen LogP contribution in [0.4, 0.5) is 13.2 Å². The van der Waals surface area contributed by atoms with E-state index >= 15 is 0 Å². The minimum absolute atomic E-state index is 0.0872. The summed E-state index contributed by atoms with van der Waals surface area (Å²) in [6.07, 6.45) is 0.395. The highest BCUT2D eigenvalue weighted by Gasteiger charge is 2.30. The van der Waals surface area contributed by atoms with Crippen molar-refractivity contribution in [2.45, 2.75) is 6.18 Å². The quantitative estimate of drug-likeness (QED) is 0.370. The molecule has 160 valence electrons. The van der Waals surface area contributed by atoms with Crippen LogP contribution in [0.2, 0.25) is 0 Å². The highest BCUT2D eigenvalue weighted by atomic mass is 19.4. The van der Waals surface area contributed by atoms with E-state index in [2.05, 4.69) is 20.1 Å². The van der Waals surface area contributed by atoms with Gasteiger partial charge in [-0.15, -0.1) is 0 Å². The maximum Gasteiger partial charge on any atom is 0.416 e. The van der Waals surface area contributed by atoms with E-state index in [4.69, 9.17) is 9.26 Å². The van der Waals surface area contributed by atoms with Gasteiger partial charge in [0.05, 0.1) is 23.5 Å². The van der Waals surface area contributed by atoms with Gasteiger partial charge in [0.15, 0.2) is 0 Å². The molecule has 0 bridgehead atoms. The van der Waals surface area contributed by atoms with Crippen molar-refractivity contribution in [3.63, 3.8) is 0 Å². The Kier molecular flexibility index (Phi) is 4.62. The lowest BCUT2D eigenvalue weighted by Gasteiger charge is -2.06. The number of aryl methyl sites for hydroxylation is 1. The number of halogens is 3. The lowest BCUT2D eigenvalue weighted by Crippen LogP contribution is -2.04. The SMILES string of the molecule is Cn1ccc2ccc(Oc3cnc(-c4nc(-c5ccc(C(F)(F)F)cc5)no4)cn3)cc21. The summed E-state index contributed by atoms with van der Waals surface area (Å²) < 4.78 is 51.1. The average Bonchev–Trinajstić information content (AvgIpc) is 3.42. The topological polar surface area (TPSA) is 78.9 Å². The van der Waals surface area contributed by atoms with Crippen molar-refractivity contribution in [1.82, 2.24) is 24.7 Å². The molecule has 0 aliphatic rings. The Balaban J connectivity index is 1.33. The van der Waals surface area contributed by atoms with E-state index in [0.717, 1.165) is 23.0 Å². The molecule has 0 spiro atoms. The van der Waals surface area contributed by atoms with Gasteiger partial charge in [0.25, 0.3) is 5.89 Å². The standard InChI is InChI=1S/C22H14F3N5O2/c1-30-9-8-13-4-7-16(10-18(13)30)31-19-12-26-17(11-27-19)21-28-20(29-32-21)14-2-5-15(6-3-14)22(23,24)25/h2-12H,1H3. The highest BCUT2D eigenvalue weighted by Crippen LogP contribution is 2.31. The third kappa shape index (κ3) is 3.78. The minimum atomic E-state index is -4.41. The fraction of sp³-hybridized carbons (Fsp3) is 0.0909. The fourth-order valence-electron chi connectivity index (χ4n) is 3.16. The van der Waals surface area contributed by atoms with E-state index in [1.54, 1.807) is 0 Å². The first-order valence-electron chi connectivity index (χ1n) is 9.43. The molecule has 32 heavy (non-hydrogen) atoms. The number of alkyl halides is 3. The number of aromatic nitrogens is 5. The van der Waals surface area contributed by atoms with Crippen molar-refractivity contribution >= 4 is 10.9 Å². The predicted octanol–water partition coefficient (Wildman–Crippen LogP) is 5.50. The molecule has 10 heteroatoms. The second kappa shape index (κ2) is 7.49. The van der Waals surface area contributed by atoms with E-state index in [0.29, 0.717) is 17.0 Å². The van der Waals surface area contributed by atoms with Crippen molar-refractivity contribution in [3.05, 3.63) is 72.7 Å². The number of benzene rings is 2. The Hall–Kier alpha value is -4.21. The molecule has 3 aromatic heterocycles. The van der Waals surface area contributed by atoms with E-state index < -0.39 is 11.7 Å². The van der Waals surface area contributed by atoms with Crippen LogP contribution in [-0.2, 0) is 13.2 Å². The molecular weight excluding hydrogens is 423 g/mol. The molecule has 0 aliphatic heterocycles. The zero-order valence-electron chi connectivity index (χ0n) is 16.5. The number of fused-ring (bicyclic) bond motifs is 1. The zero-order valence-corrected chi connectivity index (χ0v) is 16.5. The molecule has 5 aromatic rings. The molecular formula is C22H14F3N5O2. The molecule has 0 atom stereocenters. The van der Waals surface area contributed by atoms with Gasteiger partial charge < -0.3 is 13.8 Å². The van der Waals surface area contributed by atoms with Gasteiger partial charge >= 0.3 is 6.18 Å². The molecule has 0 aliphatic carbocycles. The molecule has 3 heterocycles. The number of nitrogens with zero attached hydrogens (tertiary/aromatic N) is 5. The summed E-state index contributed by atoms with van der Waals surface area (Å²) in [5.74, 6) is 1.13. The van der Waals surface area contributed by atoms with E-state index in [1.165, 1.54) is 24.5 Å². The number of ether oxygens (including phenoxy) is 1. The number of rotatable bonds is 4. The molecule has 0 saturated carbocycles. The van der Waals surface area contributed by atoms with Crippen LogP contribution in [0.3, 0.4) is 0 Å². The van der Waals surface area contributed by atoms with E-state index in [9.17, 15) is 13.2 Å². The first-order valence-corrected chi connectivity index (χ1v) is 9.43. The van der Waals surface area contributed by atoms with Crippen LogP contribution < -0.4 is 4.74 Å². The first-order chi connectivity index (χ1) is 15.4. The minimum Gasteiger partial charge on any atom is -0.437 e. The molecule has 0 saturated heterocycles. The Labute approximate surface area is 179 Å². The Bertz CT molecular complexity index is 1390. The second-order valence-electron chi connectivity index (χ2n) is 6.99. The van der Waals surface area contributed by atoms with Gasteiger partial charge in [0.1, 0.15) is 11.4 Å². The summed E-state index contributed by atoms with van der Waals surface area (Å²) in [7, 11) is 1.95. The van der Waals surface area contributed by atoms with Crippen LogP contribution in [0.25, 0.3) is 33.9 Å². The van der Waals surface area contributed by atoms with Gasteiger partial charge in [-0.05, 0) is 35.7 Å². The second-order valence-corrected chi connectivity index (χ2v) is 6.99. The van der Waals surface area contributed by atoms with E-state index in [-0.39, 0.29) is 17.6 Å². The zero-order chi connectivity index (χ0) is 22.3.